The zero-order valence-corrected chi connectivity index (χ0v) is 25.5. The number of hydrogen-bond donors (Lipinski definition) is 6. The van der Waals surface area contributed by atoms with Gasteiger partial charge in [-0.2, -0.15) is 0 Å². The number of aliphatic hydroxyl groups is 3. The number of carboxylic acid groups (broad SMARTS) is 3. The molecule has 0 radical (unpaired) electrons. The molecule has 0 aliphatic carbocycles. The normalized spacial score (nSPS) is 18.1. The third-order valence-electron chi connectivity index (χ3n) is 6.21. The molecule has 0 bridgehead atoms. The fraction of sp³-hybridized carbons (Fsp3) is 0.152. The van der Waals surface area contributed by atoms with Crippen LogP contribution in [0.3, 0.4) is 0 Å². The van der Waals surface area contributed by atoms with E-state index in [2.05, 4.69) is 4.98 Å². The SMILES string of the molecule is O=C(O)c1ccccc1.O=C(O)c1ccccc1.O=C(O)c1ccccc1.OC[C@H]1O[C@@H](c2nc3ccc(Cl)cc3s2)[C@H](O)[C@@H]1O. The summed E-state index contributed by atoms with van der Waals surface area (Å²) in [5.41, 5.74) is 1.76. The lowest BCUT2D eigenvalue weighted by molar-refractivity contribution is -0.0227. The number of fused-ring (bicyclic) bond motifs is 1. The van der Waals surface area contributed by atoms with Gasteiger partial charge >= 0.3 is 17.9 Å². The van der Waals surface area contributed by atoms with Crippen LogP contribution in [0.1, 0.15) is 42.2 Å². The van der Waals surface area contributed by atoms with Crippen LogP contribution >= 0.6 is 22.9 Å². The Hall–Kier alpha value is -4.69. The highest BCUT2D eigenvalue weighted by atomic mass is 35.5. The summed E-state index contributed by atoms with van der Waals surface area (Å²) in [4.78, 5) is 35.0. The summed E-state index contributed by atoms with van der Waals surface area (Å²) in [6.07, 6.45) is -3.70. The Bertz CT molecular complexity index is 1590. The summed E-state index contributed by atoms with van der Waals surface area (Å²) in [5, 5.41) is 55.1. The predicted octanol–water partition coefficient (Wildman–Crippen LogP) is 5.26. The van der Waals surface area contributed by atoms with Gasteiger partial charge in [0.1, 0.15) is 29.4 Å². The highest BCUT2D eigenvalue weighted by molar-refractivity contribution is 7.18. The second kappa shape index (κ2) is 17.7. The maximum atomic E-state index is 10.2. The summed E-state index contributed by atoms with van der Waals surface area (Å²) in [5.74, 6) is -2.64. The number of hydrogen-bond acceptors (Lipinski definition) is 9. The van der Waals surface area contributed by atoms with Crippen LogP contribution in [0.15, 0.2) is 109 Å². The lowest BCUT2D eigenvalue weighted by Gasteiger charge is -2.11. The molecule has 13 heteroatoms. The number of aromatic carboxylic acids is 3. The van der Waals surface area contributed by atoms with Crippen LogP contribution in [0, 0.1) is 0 Å². The first-order chi connectivity index (χ1) is 22.0. The lowest BCUT2D eigenvalue weighted by Crippen LogP contribution is -2.32. The number of thiazole rings is 1. The second-order valence-corrected chi connectivity index (χ2v) is 10.9. The number of rotatable bonds is 5. The van der Waals surface area contributed by atoms with Gasteiger partial charge in [-0.05, 0) is 54.6 Å². The van der Waals surface area contributed by atoms with Crippen molar-refractivity contribution in [3.05, 3.63) is 136 Å². The van der Waals surface area contributed by atoms with Crippen LogP contribution in [0.5, 0.6) is 0 Å². The van der Waals surface area contributed by atoms with Crippen LogP contribution in [0.25, 0.3) is 10.2 Å². The molecule has 11 nitrogen and oxygen atoms in total. The van der Waals surface area contributed by atoms with Gasteiger partial charge < -0.3 is 35.4 Å². The molecule has 5 aromatic rings. The number of aliphatic hydroxyl groups excluding tert-OH is 3. The fourth-order valence-electron chi connectivity index (χ4n) is 3.88. The van der Waals surface area contributed by atoms with Crippen molar-refractivity contribution in [3.8, 4) is 0 Å². The molecule has 240 valence electrons. The van der Waals surface area contributed by atoms with E-state index in [0.29, 0.717) is 26.7 Å². The molecule has 4 atom stereocenters. The van der Waals surface area contributed by atoms with Crippen molar-refractivity contribution in [2.45, 2.75) is 24.4 Å². The zero-order valence-electron chi connectivity index (χ0n) is 24.0. The van der Waals surface area contributed by atoms with Crippen molar-refractivity contribution in [1.29, 1.82) is 0 Å². The molecule has 1 saturated heterocycles. The van der Waals surface area contributed by atoms with E-state index in [1.807, 2.05) is 0 Å². The highest BCUT2D eigenvalue weighted by Crippen LogP contribution is 2.37. The van der Waals surface area contributed by atoms with Gasteiger partial charge in [-0.25, -0.2) is 19.4 Å². The number of aromatic nitrogens is 1. The maximum Gasteiger partial charge on any atom is 0.335 e. The molecule has 2 heterocycles. The summed E-state index contributed by atoms with van der Waals surface area (Å²) < 4.78 is 6.33. The van der Waals surface area contributed by atoms with E-state index in [9.17, 15) is 24.6 Å². The highest BCUT2D eigenvalue weighted by Gasteiger charge is 2.44. The number of ether oxygens (including phenoxy) is 1. The topological polar surface area (TPSA) is 195 Å². The maximum absolute atomic E-state index is 10.2. The Morgan fingerprint density at radius 2 is 1.13 bits per heavy atom. The van der Waals surface area contributed by atoms with Gasteiger partial charge in [0, 0.05) is 5.02 Å². The minimum atomic E-state index is -1.11. The molecule has 4 aromatic carbocycles. The molecule has 1 aliphatic rings. The summed E-state index contributed by atoms with van der Waals surface area (Å²) in [6, 6.07) is 30.2. The molecular formula is C33H30ClNO10S. The van der Waals surface area contributed by atoms with Crippen molar-refractivity contribution in [2.24, 2.45) is 0 Å². The average molecular weight is 668 g/mol. The fourth-order valence-corrected chi connectivity index (χ4v) is 5.21. The average Bonchev–Trinajstić information content (AvgIpc) is 3.62. The van der Waals surface area contributed by atoms with Gasteiger partial charge in [-0.1, -0.05) is 66.2 Å². The molecule has 0 saturated carbocycles. The Labute approximate surface area is 272 Å². The van der Waals surface area contributed by atoms with Gasteiger partial charge in [-0.3, -0.25) is 0 Å². The number of halogens is 1. The van der Waals surface area contributed by atoms with Crippen LogP contribution < -0.4 is 0 Å². The third kappa shape index (κ3) is 10.4. The molecule has 1 aliphatic heterocycles. The quantitative estimate of drug-likeness (QED) is 0.143. The molecule has 6 rings (SSSR count). The third-order valence-corrected chi connectivity index (χ3v) is 7.53. The molecule has 0 amide bonds. The van der Waals surface area contributed by atoms with Crippen molar-refractivity contribution in [1.82, 2.24) is 4.98 Å². The minimum absolute atomic E-state index is 0.331. The number of benzene rings is 4. The first-order valence-electron chi connectivity index (χ1n) is 13.5. The number of carboxylic acids is 3. The molecule has 1 aromatic heterocycles. The van der Waals surface area contributed by atoms with E-state index in [1.165, 1.54) is 11.3 Å². The Morgan fingerprint density at radius 3 is 1.48 bits per heavy atom. The van der Waals surface area contributed by atoms with Gasteiger partial charge in [0.2, 0.25) is 0 Å². The predicted molar refractivity (Wildman–Crippen MR) is 172 cm³/mol. The van der Waals surface area contributed by atoms with Crippen molar-refractivity contribution < 1.29 is 49.8 Å². The first kappa shape index (κ1) is 35.8. The lowest BCUT2D eigenvalue weighted by atomic mass is 10.1. The van der Waals surface area contributed by atoms with Crippen LogP contribution in [-0.2, 0) is 4.74 Å². The number of carbonyl (C=O) groups is 3. The first-order valence-corrected chi connectivity index (χ1v) is 14.7. The van der Waals surface area contributed by atoms with Gasteiger partial charge in [0.15, 0.2) is 0 Å². The Balaban J connectivity index is 0.000000181. The molecule has 1 fully saturated rings. The van der Waals surface area contributed by atoms with E-state index >= 15 is 0 Å². The molecule has 0 spiro atoms. The summed E-state index contributed by atoms with van der Waals surface area (Å²) >= 11 is 7.26. The summed E-state index contributed by atoms with van der Waals surface area (Å²) in [6.45, 7) is -0.342. The number of nitrogens with zero attached hydrogens (tertiary/aromatic N) is 1. The monoisotopic (exact) mass is 667 g/mol. The van der Waals surface area contributed by atoms with Crippen LogP contribution in [0.4, 0.5) is 0 Å². The van der Waals surface area contributed by atoms with E-state index in [0.717, 1.165) is 10.2 Å². The van der Waals surface area contributed by atoms with Crippen molar-refractivity contribution in [3.63, 3.8) is 0 Å². The van der Waals surface area contributed by atoms with E-state index in [4.69, 9.17) is 36.8 Å². The smallest absolute Gasteiger partial charge is 0.335 e. The summed E-state index contributed by atoms with van der Waals surface area (Å²) in [7, 11) is 0. The van der Waals surface area contributed by atoms with Crippen molar-refractivity contribution in [2.75, 3.05) is 6.61 Å². The van der Waals surface area contributed by atoms with E-state index < -0.39 is 42.3 Å². The van der Waals surface area contributed by atoms with E-state index in [1.54, 1.807) is 109 Å². The Kier molecular flexibility index (Phi) is 13.8. The van der Waals surface area contributed by atoms with Gasteiger partial charge in [0.05, 0.1) is 33.5 Å². The molecule has 46 heavy (non-hydrogen) atoms. The zero-order chi connectivity index (χ0) is 33.6. The molecule has 0 unspecified atom stereocenters. The van der Waals surface area contributed by atoms with Crippen molar-refractivity contribution >= 4 is 51.1 Å². The molecular weight excluding hydrogens is 638 g/mol. The van der Waals surface area contributed by atoms with Gasteiger partial charge in [-0.15, -0.1) is 11.3 Å². The van der Waals surface area contributed by atoms with Gasteiger partial charge in [0.25, 0.3) is 0 Å². The molecule has 6 N–H and O–H groups in total. The minimum Gasteiger partial charge on any atom is -0.478 e. The van der Waals surface area contributed by atoms with Crippen LogP contribution in [0.2, 0.25) is 5.02 Å². The standard InChI is InChI=1S/C12H12ClNO4S.3C7H6O2/c13-5-1-2-6-8(3-5)19-12(14-6)11-10(17)9(16)7(4-15)18-11;3*8-7(9)6-4-2-1-3-5-6/h1-3,7,9-11,15-17H,4H2;3*1-5H,(H,8,9)/t7-,9-,10-,11-;;;/m1.../s1. The van der Waals surface area contributed by atoms with Crippen LogP contribution in [-0.4, -0.2) is 78.4 Å². The Morgan fingerprint density at radius 1 is 0.696 bits per heavy atom. The second-order valence-electron chi connectivity index (χ2n) is 9.44. The van der Waals surface area contributed by atoms with E-state index in [-0.39, 0.29) is 6.61 Å². The largest absolute Gasteiger partial charge is 0.478 e.